The quantitative estimate of drug-likeness (QED) is 0.694. The van der Waals surface area contributed by atoms with E-state index in [2.05, 4.69) is 0 Å². The van der Waals surface area contributed by atoms with Crippen LogP contribution in [0, 0.1) is 0 Å². The summed E-state index contributed by atoms with van der Waals surface area (Å²) in [5, 5.41) is -1.32. The number of amides is 1. The van der Waals surface area contributed by atoms with Crippen LogP contribution in [0.2, 0.25) is 0 Å². The molecule has 0 spiro atoms. The summed E-state index contributed by atoms with van der Waals surface area (Å²) >= 11 is 0. The fourth-order valence-corrected chi connectivity index (χ4v) is 1.57. The summed E-state index contributed by atoms with van der Waals surface area (Å²) in [6, 6.07) is 0. The normalized spacial score (nSPS) is 13.9. The van der Waals surface area contributed by atoms with Crippen LogP contribution < -0.4 is 5.73 Å². The highest BCUT2D eigenvalue weighted by Gasteiger charge is 2.29. The highest BCUT2D eigenvalue weighted by Crippen LogP contribution is 2.06. The Morgan fingerprint density at radius 2 is 1.94 bits per heavy atom. The minimum Gasteiger partial charge on any atom is -0.335 e. The lowest BCUT2D eigenvalue weighted by molar-refractivity contribution is -0.132. The Morgan fingerprint density at radius 3 is 2.25 bits per heavy atom. The third-order valence-electron chi connectivity index (χ3n) is 2.06. The van der Waals surface area contributed by atoms with E-state index >= 15 is 0 Å². The van der Waals surface area contributed by atoms with Gasteiger partial charge in [-0.25, -0.2) is 17.2 Å². The Balaban J connectivity index is 4.74. The SMILES string of the molecule is CC(C(=O)N(CCN)CC(F)F)S(C)(=O)=O. The predicted molar refractivity (Wildman–Crippen MR) is 55.9 cm³/mol. The van der Waals surface area contributed by atoms with Gasteiger partial charge in [0.1, 0.15) is 5.25 Å². The van der Waals surface area contributed by atoms with Gasteiger partial charge in [-0.1, -0.05) is 0 Å². The highest BCUT2D eigenvalue weighted by molar-refractivity contribution is 7.92. The zero-order valence-electron chi connectivity index (χ0n) is 9.19. The molecule has 2 N–H and O–H groups in total. The monoisotopic (exact) mass is 258 g/mol. The molecule has 0 heterocycles. The van der Waals surface area contributed by atoms with Gasteiger partial charge in [-0.05, 0) is 6.92 Å². The molecule has 0 aliphatic heterocycles. The summed E-state index contributed by atoms with van der Waals surface area (Å²) in [5.41, 5.74) is 5.16. The van der Waals surface area contributed by atoms with Gasteiger partial charge in [0.25, 0.3) is 6.43 Å². The molecule has 0 aliphatic rings. The van der Waals surface area contributed by atoms with Crippen molar-refractivity contribution in [1.29, 1.82) is 0 Å². The molecule has 8 heteroatoms. The van der Waals surface area contributed by atoms with E-state index in [1.54, 1.807) is 0 Å². The molecule has 0 radical (unpaired) electrons. The van der Waals surface area contributed by atoms with E-state index in [1.807, 2.05) is 0 Å². The van der Waals surface area contributed by atoms with Crippen molar-refractivity contribution in [3.8, 4) is 0 Å². The molecule has 0 rings (SSSR count). The second kappa shape index (κ2) is 6.09. The number of hydrogen-bond acceptors (Lipinski definition) is 4. The molecule has 1 unspecified atom stereocenters. The molecule has 5 nitrogen and oxygen atoms in total. The zero-order chi connectivity index (χ0) is 12.9. The van der Waals surface area contributed by atoms with Crippen molar-refractivity contribution in [2.24, 2.45) is 5.73 Å². The van der Waals surface area contributed by atoms with Crippen molar-refractivity contribution in [2.45, 2.75) is 18.6 Å². The maximum atomic E-state index is 12.1. The van der Waals surface area contributed by atoms with Crippen molar-refractivity contribution in [2.75, 3.05) is 25.9 Å². The summed E-state index contributed by atoms with van der Waals surface area (Å²) in [6.45, 7) is 0.306. The van der Waals surface area contributed by atoms with Crippen LogP contribution in [-0.4, -0.2) is 56.8 Å². The van der Waals surface area contributed by atoms with Crippen LogP contribution in [-0.2, 0) is 14.6 Å². The first-order valence-corrected chi connectivity index (χ1v) is 6.61. The number of carbonyl (C=O) groups is 1. The van der Waals surface area contributed by atoms with Crippen LogP contribution >= 0.6 is 0 Å². The van der Waals surface area contributed by atoms with Gasteiger partial charge in [0.15, 0.2) is 9.84 Å². The van der Waals surface area contributed by atoms with Crippen molar-refractivity contribution < 1.29 is 22.0 Å². The summed E-state index contributed by atoms with van der Waals surface area (Å²) in [7, 11) is -3.58. The van der Waals surface area contributed by atoms with Crippen LogP contribution in [0.5, 0.6) is 0 Å². The van der Waals surface area contributed by atoms with Crippen LogP contribution in [0.1, 0.15) is 6.92 Å². The number of alkyl halides is 2. The average molecular weight is 258 g/mol. The molecule has 1 atom stereocenters. The third-order valence-corrected chi connectivity index (χ3v) is 3.55. The van der Waals surface area contributed by atoms with Gasteiger partial charge in [0.2, 0.25) is 5.91 Å². The molecule has 0 aromatic rings. The van der Waals surface area contributed by atoms with Gasteiger partial charge in [0, 0.05) is 19.3 Å². The lowest BCUT2D eigenvalue weighted by atomic mass is 10.3. The Morgan fingerprint density at radius 1 is 1.44 bits per heavy atom. The molecule has 0 saturated carbocycles. The number of nitrogens with two attached hydrogens (primary N) is 1. The predicted octanol–water partition coefficient (Wildman–Crippen LogP) is -0.528. The van der Waals surface area contributed by atoms with Crippen LogP contribution in [0.15, 0.2) is 0 Å². The molecule has 0 aliphatic carbocycles. The number of hydrogen-bond donors (Lipinski definition) is 1. The fourth-order valence-electron chi connectivity index (χ4n) is 1.05. The summed E-state index contributed by atoms with van der Waals surface area (Å²) in [5.74, 6) is -0.840. The largest absolute Gasteiger partial charge is 0.335 e. The molecule has 0 saturated heterocycles. The van der Waals surface area contributed by atoms with E-state index in [0.29, 0.717) is 0 Å². The average Bonchev–Trinajstić information content (AvgIpc) is 2.12. The number of rotatable bonds is 6. The van der Waals surface area contributed by atoms with Crippen molar-refractivity contribution >= 4 is 15.7 Å². The lowest BCUT2D eigenvalue weighted by Crippen LogP contribution is -2.45. The Kier molecular flexibility index (Phi) is 5.80. The first-order chi connectivity index (χ1) is 7.20. The fraction of sp³-hybridized carbons (Fsp3) is 0.875. The molecule has 0 bridgehead atoms. The molecule has 0 aromatic carbocycles. The second-order valence-corrected chi connectivity index (χ2v) is 5.80. The van der Waals surface area contributed by atoms with Crippen molar-refractivity contribution in [3.63, 3.8) is 0 Å². The standard InChI is InChI=1S/C8H16F2N2O3S/c1-6(16(2,14)15)8(13)12(4-3-11)5-7(9)10/h6-7H,3-5,11H2,1-2H3. The van der Waals surface area contributed by atoms with Crippen molar-refractivity contribution in [3.05, 3.63) is 0 Å². The van der Waals surface area contributed by atoms with E-state index in [0.717, 1.165) is 11.2 Å². The van der Waals surface area contributed by atoms with Gasteiger partial charge < -0.3 is 10.6 Å². The zero-order valence-corrected chi connectivity index (χ0v) is 10.0. The van der Waals surface area contributed by atoms with Gasteiger partial charge in [-0.2, -0.15) is 0 Å². The Bertz CT molecular complexity index is 332. The Hall–Kier alpha value is -0.760. The Labute approximate surface area is 93.5 Å². The van der Waals surface area contributed by atoms with Crippen LogP contribution in [0.4, 0.5) is 8.78 Å². The van der Waals surface area contributed by atoms with Crippen molar-refractivity contribution in [1.82, 2.24) is 4.90 Å². The van der Waals surface area contributed by atoms with E-state index in [9.17, 15) is 22.0 Å². The number of halogens is 2. The van der Waals surface area contributed by atoms with Gasteiger partial charge in [0.05, 0.1) is 6.54 Å². The molecular formula is C8H16F2N2O3S. The van der Waals surface area contributed by atoms with E-state index in [-0.39, 0.29) is 13.1 Å². The van der Waals surface area contributed by atoms with E-state index < -0.39 is 34.0 Å². The van der Waals surface area contributed by atoms with Gasteiger partial charge in [-0.3, -0.25) is 4.79 Å². The summed E-state index contributed by atoms with van der Waals surface area (Å²) < 4.78 is 46.5. The van der Waals surface area contributed by atoms with Gasteiger partial charge in [-0.15, -0.1) is 0 Å². The molecule has 0 fully saturated rings. The summed E-state index contributed by atoms with van der Waals surface area (Å²) in [4.78, 5) is 12.3. The first kappa shape index (κ1) is 15.2. The number of carbonyl (C=O) groups excluding carboxylic acids is 1. The number of sulfone groups is 1. The molecular weight excluding hydrogens is 242 g/mol. The smallest absolute Gasteiger partial charge is 0.255 e. The highest BCUT2D eigenvalue weighted by atomic mass is 32.2. The first-order valence-electron chi connectivity index (χ1n) is 4.66. The third kappa shape index (κ3) is 4.84. The topological polar surface area (TPSA) is 80.5 Å². The molecule has 16 heavy (non-hydrogen) atoms. The van der Waals surface area contributed by atoms with Crippen LogP contribution in [0.3, 0.4) is 0 Å². The molecule has 1 amide bonds. The minimum atomic E-state index is -3.58. The maximum Gasteiger partial charge on any atom is 0.255 e. The van der Waals surface area contributed by atoms with E-state index in [1.165, 1.54) is 6.92 Å². The van der Waals surface area contributed by atoms with Gasteiger partial charge >= 0.3 is 0 Å². The molecule has 96 valence electrons. The second-order valence-electron chi connectivity index (χ2n) is 3.44. The van der Waals surface area contributed by atoms with Crippen LogP contribution in [0.25, 0.3) is 0 Å². The summed E-state index contributed by atoms with van der Waals surface area (Å²) in [6.07, 6.45) is -1.82. The lowest BCUT2D eigenvalue weighted by Gasteiger charge is -2.24. The van der Waals surface area contributed by atoms with E-state index in [4.69, 9.17) is 5.73 Å². The molecule has 0 aromatic heterocycles. The minimum absolute atomic E-state index is 0.00887. The maximum absolute atomic E-state index is 12.1. The number of nitrogens with zero attached hydrogens (tertiary/aromatic N) is 1.